The molecule has 1 aliphatic heterocycles. The zero-order valence-electron chi connectivity index (χ0n) is 21.4. The number of halogens is 3. The summed E-state index contributed by atoms with van der Waals surface area (Å²) in [7, 11) is 2.09. The van der Waals surface area contributed by atoms with Crippen molar-refractivity contribution in [1.82, 2.24) is 14.5 Å². The number of aromatic nitrogens is 2. The smallest absolute Gasteiger partial charge is 0.416 e. The van der Waals surface area contributed by atoms with E-state index in [0.717, 1.165) is 54.4 Å². The molecular weight excluding hydrogens is 531 g/mol. The molecule has 0 aliphatic carbocycles. The number of nitrogens with zero attached hydrogens (tertiary/aromatic N) is 3. The Kier molecular flexibility index (Phi) is 7.55. The number of aromatic carboxylic acids is 1. The second-order valence-electron chi connectivity index (χ2n) is 9.77. The van der Waals surface area contributed by atoms with Gasteiger partial charge in [-0.3, -0.25) is 4.57 Å². The van der Waals surface area contributed by atoms with Crippen molar-refractivity contribution in [2.45, 2.75) is 38.0 Å². The zero-order valence-corrected chi connectivity index (χ0v) is 22.3. The lowest BCUT2D eigenvalue weighted by atomic mass is 9.96. The summed E-state index contributed by atoms with van der Waals surface area (Å²) in [6, 6.07) is 12.5. The molecule has 2 aromatic heterocycles. The van der Waals surface area contributed by atoms with Crippen LogP contribution in [0.25, 0.3) is 16.0 Å². The number of ether oxygens (including phenoxy) is 2. The first-order valence-corrected chi connectivity index (χ1v) is 13.4. The monoisotopic (exact) mass is 559 g/mol. The third-order valence-corrected chi connectivity index (χ3v) is 7.99. The van der Waals surface area contributed by atoms with Crippen LogP contribution in [-0.4, -0.2) is 58.4 Å². The predicted octanol–water partition coefficient (Wildman–Crippen LogP) is 6.46. The highest BCUT2D eigenvalue weighted by Gasteiger charge is 2.34. The van der Waals surface area contributed by atoms with E-state index < -0.39 is 23.6 Å². The van der Waals surface area contributed by atoms with E-state index in [9.17, 15) is 23.1 Å². The number of alkyl halides is 3. The molecule has 11 heteroatoms. The largest absolute Gasteiger partial charge is 0.491 e. The van der Waals surface area contributed by atoms with E-state index in [4.69, 9.17) is 9.47 Å². The Balaban J connectivity index is 1.38. The number of imidazole rings is 1. The molecule has 39 heavy (non-hydrogen) atoms. The van der Waals surface area contributed by atoms with E-state index >= 15 is 0 Å². The van der Waals surface area contributed by atoms with E-state index in [-0.39, 0.29) is 28.9 Å². The number of carboxylic acid groups (broad SMARTS) is 1. The summed E-state index contributed by atoms with van der Waals surface area (Å²) < 4.78 is 54.2. The lowest BCUT2D eigenvalue weighted by Crippen LogP contribution is -2.35. The number of rotatable bonds is 8. The van der Waals surface area contributed by atoms with E-state index in [1.165, 1.54) is 12.1 Å². The van der Waals surface area contributed by atoms with Crippen LogP contribution < -0.4 is 9.47 Å². The van der Waals surface area contributed by atoms with Gasteiger partial charge < -0.3 is 19.5 Å². The molecule has 5 rings (SSSR count). The molecule has 3 heterocycles. The molecule has 1 N–H and O–H groups in total. The molecule has 0 radical (unpaired) electrons. The van der Waals surface area contributed by atoms with Crippen LogP contribution in [0.4, 0.5) is 13.2 Å². The van der Waals surface area contributed by atoms with Crippen LogP contribution in [0.2, 0.25) is 0 Å². The average Bonchev–Trinajstić information content (AvgIpc) is 3.52. The van der Waals surface area contributed by atoms with Crippen molar-refractivity contribution in [1.29, 1.82) is 0 Å². The number of hydrogen-bond donors (Lipinski definition) is 1. The van der Waals surface area contributed by atoms with E-state index in [1.807, 2.05) is 18.2 Å². The Morgan fingerprint density at radius 2 is 1.92 bits per heavy atom. The summed E-state index contributed by atoms with van der Waals surface area (Å²) in [5.41, 5.74) is 0.831. The van der Waals surface area contributed by atoms with Gasteiger partial charge in [-0.1, -0.05) is 25.1 Å². The summed E-state index contributed by atoms with van der Waals surface area (Å²) >= 11 is 1.01. The van der Waals surface area contributed by atoms with Gasteiger partial charge in [-0.15, -0.1) is 11.3 Å². The minimum absolute atomic E-state index is 0.0399. The van der Waals surface area contributed by atoms with Gasteiger partial charge in [-0.2, -0.15) is 13.2 Å². The molecule has 4 aromatic rings. The number of fused-ring (bicyclic) bond motifs is 1. The van der Waals surface area contributed by atoms with E-state index in [2.05, 4.69) is 16.9 Å². The molecule has 0 unspecified atom stereocenters. The number of carbonyl (C=O) groups is 1. The van der Waals surface area contributed by atoms with Gasteiger partial charge in [0, 0.05) is 31.1 Å². The SMILES string of the molecule is C[C@@H](COc1cc(-n2cnc3ccc(OC4CCN(C)CC4)cc32)sc1C(=O)O)c1ccccc1C(F)(F)F. The van der Waals surface area contributed by atoms with Crippen LogP contribution in [-0.2, 0) is 6.18 Å². The van der Waals surface area contributed by atoms with Crippen LogP contribution in [0.3, 0.4) is 0 Å². The van der Waals surface area contributed by atoms with E-state index in [1.54, 1.807) is 30.0 Å². The molecule has 0 bridgehead atoms. The van der Waals surface area contributed by atoms with Gasteiger partial charge in [0.05, 0.1) is 23.2 Å². The van der Waals surface area contributed by atoms with Crippen molar-refractivity contribution in [3.63, 3.8) is 0 Å². The molecular formula is C28H28F3N3O4S. The van der Waals surface area contributed by atoms with Crippen molar-refractivity contribution in [3.8, 4) is 16.5 Å². The Labute approximate surface area is 227 Å². The van der Waals surface area contributed by atoms with Crippen molar-refractivity contribution in [2.75, 3.05) is 26.7 Å². The van der Waals surface area contributed by atoms with Gasteiger partial charge in [-0.25, -0.2) is 9.78 Å². The van der Waals surface area contributed by atoms with E-state index in [0.29, 0.717) is 10.8 Å². The first-order valence-electron chi connectivity index (χ1n) is 12.6. The highest BCUT2D eigenvalue weighted by atomic mass is 32.1. The number of carboxylic acids is 1. The lowest BCUT2D eigenvalue weighted by Gasteiger charge is -2.29. The minimum Gasteiger partial charge on any atom is -0.491 e. The molecule has 2 aromatic carbocycles. The van der Waals surface area contributed by atoms with Gasteiger partial charge in [0.2, 0.25) is 0 Å². The standard InChI is InChI=1S/C28H28F3N3O4S/c1-17(20-5-3-4-6-21(20)28(29,30)31)15-37-24-14-25(39-26(24)27(35)36)34-16-32-22-8-7-19(13-23(22)34)38-18-9-11-33(2)12-10-18/h3-8,13-14,16-18H,9-12,15H2,1-2H3,(H,35,36)/t17-/m0/s1. The first-order chi connectivity index (χ1) is 18.6. The highest BCUT2D eigenvalue weighted by molar-refractivity contribution is 7.16. The molecule has 7 nitrogen and oxygen atoms in total. The molecule has 1 saturated heterocycles. The Morgan fingerprint density at radius 1 is 1.18 bits per heavy atom. The number of benzene rings is 2. The quantitative estimate of drug-likeness (QED) is 0.267. The third kappa shape index (κ3) is 5.89. The highest BCUT2D eigenvalue weighted by Crippen LogP contribution is 2.37. The Morgan fingerprint density at radius 3 is 2.64 bits per heavy atom. The second-order valence-corrected chi connectivity index (χ2v) is 10.8. The van der Waals surface area contributed by atoms with Crippen molar-refractivity contribution < 1.29 is 32.5 Å². The minimum atomic E-state index is -4.50. The summed E-state index contributed by atoms with van der Waals surface area (Å²) in [5, 5.41) is 10.4. The Hall–Kier alpha value is -3.57. The summed E-state index contributed by atoms with van der Waals surface area (Å²) in [4.78, 5) is 18.7. The zero-order chi connectivity index (χ0) is 27.7. The van der Waals surface area contributed by atoms with Crippen LogP contribution in [0, 0.1) is 0 Å². The van der Waals surface area contributed by atoms with Crippen LogP contribution >= 0.6 is 11.3 Å². The van der Waals surface area contributed by atoms with Gasteiger partial charge in [0.15, 0.2) is 4.88 Å². The van der Waals surface area contributed by atoms with Gasteiger partial charge in [-0.05, 0) is 43.7 Å². The molecule has 0 spiro atoms. The molecule has 0 saturated carbocycles. The van der Waals surface area contributed by atoms with Gasteiger partial charge in [0.25, 0.3) is 0 Å². The lowest BCUT2D eigenvalue weighted by molar-refractivity contribution is -0.138. The summed E-state index contributed by atoms with van der Waals surface area (Å²) in [5.74, 6) is -0.997. The first kappa shape index (κ1) is 27.0. The second kappa shape index (κ2) is 10.9. The average molecular weight is 560 g/mol. The maximum absolute atomic E-state index is 13.5. The van der Waals surface area contributed by atoms with Crippen molar-refractivity contribution in [3.05, 3.63) is 70.9 Å². The summed E-state index contributed by atoms with van der Waals surface area (Å²) in [6.45, 7) is 3.44. The topological polar surface area (TPSA) is 76.8 Å². The molecule has 206 valence electrons. The van der Waals surface area contributed by atoms with Crippen LogP contribution in [0.1, 0.15) is 46.5 Å². The fourth-order valence-corrected chi connectivity index (χ4v) is 5.68. The van der Waals surface area contributed by atoms with Crippen molar-refractivity contribution in [2.24, 2.45) is 0 Å². The summed E-state index contributed by atoms with van der Waals surface area (Å²) in [6.07, 6.45) is -0.890. The fourth-order valence-electron chi connectivity index (χ4n) is 4.76. The van der Waals surface area contributed by atoms with Gasteiger partial charge >= 0.3 is 12.1 Å². The normalized spacial score (nSPS) is 15.9. The number of thiophene rings is 1. The van der Waals surface area contributed by atoms with Crippen molar-refractivity contribution >= 4 is 28.3 Å². The molecule has 1 aliphatic rings. The number of likely N-dealkylation sites (tertiary alicyclic amines) is 1. The maximum atomic E-state index is 13.5. The Bertz CT molecular complexity index is 1470. The molecule has 1 atom stereocenters. The molecule has 1 fully saturated rings. The number of hydrogen-bond acceptors (Lipinski definition) is 6. The number of piperidine rings is 1. The third-order valence-electron chi connectivity index (χ3n) is 6.89. The molecule has 0 amide bonds. The van der Waals surface area contributed by atoms with Gasteiger partial charge in [0.1, 0.15) is 28.9 Å². The predicted molar refractivity (Wildman–Crippen MR) is 142 cm³/mol. The van der Waals surface area contributed by atoms with Crippen LogP contribution in [0.5, 0.6) is 11.5 Å². The maximum Gasteiger partial charge on any atom is 0.416 e. The van der Waals surface area contributed by atoms with Crippen LogP contribution in [0.15, 0.2) is 54.9 Å². The fraction of sp³-hybridized carbons (Fsp3) is 0.357.